The molecule has 0 unspecified atom stereocenters. The molecule has 0 spiro atoms. The molecule has 90 valence electrons. The average Bonchev–Trinajstić information content (AvgIpc) is 2.10. The molecule has 0 aromatic rings. The Kier molecular flexibility index (Phi) is 5.35. The van der Waals surface area contributed by atoms with Gasteiger partial charge in [-0.15, -0.1) is 0 Å². The summed E-state index contributed by atoms with van der Waals surface area (Å²) in [5.41, 5.74) is -0.194. The van der Waals surface area contributed by atoms with Crippen LogP contribution in [0.5, 0.6) is 0 Å². The second kappa shape index (κ2) is 5.54. The van der Waals surface area contributed by atoms with Gasteiger partial charge in [0, 0.05) is 19.4 Å². The van der Waals surface area contributed by atoms with E-state index in [1.165, 1.54) is 0 Å². The maximum Gasteiger partial charge on any atom is 0.305 e. The molecule has 0 saturated heterocycles. The maximum atomic E-state index is 13.2. The van der Waals surface area contributed by atoms with Crippen molar-refractivity contribution in [2.45, 2.75) is 52.4 Å². The highest BCUT2D eigenvalue weighted by atomic mass is 19.3. The number of ketones is 1. The molecule has 4 heteroatoms. The zero-order chi connectivity index (χ0) is 12.1. The van der Waals surface area contributed by atoms with Crippen LogP contribution in [-0.2, 0) is 4.79 Å². The van der Waals surface area contributed by atoms with Gasteiger partial charge in [-0.3, -0.25) is 4.79 Å². The van der Waals surface area contributed by atoms with Crippen LogP contribution in [-0.4, -0.2) is 23.4 Å². The molecule has 0 heterocycles. The third-order valence-electron chi connectivity index (χ3n) is 2.16. The van der Waals surface area contributed by atoms with E-state index in [-0.39, 0.29) is 24.9 Å². The SMILES string of the molecule is CC(C)(C)CCC(F)(F)C(=O)CCCO. The molecular formula is C11H20F2O2. The van der Waals surface area contributed by atoms with E-state index < -0.39 is 18.1 Å². The van der Waals surface area contributed by atoms with E-state index in [1.807, 2.05) is 20.8 Å². The van der Waals surface area contributed by atoms with Crippen molar-refractivity contribution in [3.63, 3.8) is 0 Å². The minimum atomic E-state index is -3.23. The topological polar surface area (TPSA) is 37.3 Å². The predicted molar refractivity (Wildman–Crippen MR) is 55.0 cm³/mol. The van der Waals surface area contributed by atoms with Gasteiger partial charge in [0.25, 0.3) is 0 Å². The van der Waals surface area contributed by atoms with Crippen LogP contribution in [0.2, 0.25) is 0 Å². The summed E-state index contributed by atoms with van der Waals surface area (Å²) in [6, 6.07) is 0. The van der Waals surface area contributed by atoms with E-state index in [0.717, 1.165) is 0 Å². The number of aliphatic hydroxyl groups is 1. The predicted octanol–water partition coefficient (Wildman–Crippen LogP) is 2.79. The van der Waals surface area contributed by atoms with Gasteiger partial charge in [0.15, 0.2) is 0 Å². The van der Waals surface area contributed by atoms with Crippen LogP contribution >= 0.6 is 0 Å². The number of carbonyl (C=O) groups is 1. The molecule has 0 radical (unpaired) electrons. The third kappa shape index (κ3) is 6.55. The Labute approximate surface area is 89.7 Å². The molecule has 0 fully saturated rings. The largest absolute Gasteiger partial charge is 0.396 e. The summed E-state index contributed by atoms with van der Waals surface area (Å²) in [4.78, 5) is 11.1. The Morgan fingerprint density at radius 1 is 1.20 bits per heavy atom. The lowest BCUT2D eigenvalue weighted by Crippen LogP contribution is -2.30. The molecule has 0 bridgehead atoms. The fourth-order valence-corrected chi connectivity index (χ4v) is 1.09. The highest BCUT2D eigenvalue weighted by Crippen LogP contribution is 2.30. The van der Waals surface area contributed by atoms with Gasteiger partial charge >= 0.3 is 5.92 Å². The summed E-state index contributed by atoms with van der Waals surface area (Å²) in [6.45, 7) is 5.37. The average molecular weight is 222 g/mol. The van der Waals surface area contributed by atoms with E-state index in [9.17, 15) is 13.6 Å². The smallest absolute Gasteiger partial charge is 0.305 e. The number of alkyl halides is 2. The van der Waals surface area contributed by atoms with Crippen molar-refractivity contribution < 1.29 is 18.7 Å². The fraction of sp³-hybridized carbons (Fsp3) is 0.909. The van der Waals surface area contributed by atoms with Crippen LogP contribution in [0.15, 0.2) is 0 Å². The number of halogens is 2. The van der Waals surface area contributed by atoms with Crippen LogP contribution in [0.4, 0.5) is 8.78 Å². The highest BCUT2D eigenvalue weighted by molar-refractivity contribution is 5.85. The molecule has 1 N–H and O–H groups in total. The first-order valence-electron chi connectivity index (χ1n) is 5.21. The monoisotopic (exact) mass is 222 g/mol. The second-order valence-corrected chi connectivity index (χ2v) is 5.02. The minimum Gasteiger partial charge on any atom is -0.396 e. The lowest BCUT2D eigenvalue weighted by molar-refractivity contribution is -0.145. The molecule has 0 aliphatic carbocycles. The van der Waals surface area contributed by atoms with E-state index in [2.05, 4.69) is 0 Å². The van der Waals surface area contributed by atoms with Crippen molar-refractivity contribution in [2.24, 2.45) is 5.41 Å². The number of carbonyl (C=O) groups excluding carboxylic acids is 1. The summed E-state index contributed by atoms with van der Waals surface area (Å²) in [5, 5.41) is 8.44. The van der Waals surface area contributed by atoms with Crippen molar-refractivity contribution in [3.8, 4) is 0 Å². The number of hydrogen-bond acceptors (Lipinski definition) is 2. The first-order valence-corrected chi connectivity index (χ1v) is 5.21. The van der Waals surface area contributed by atoms with Gasteiger partial charge in [0.2, 0.25) is 5.78 Å². The van der Waals surface area contributed by atoms with Crippen LogP contribution in [0, 0.1) is 5.41 Å². The standard InChI is InChI=1S/C11H20F2O2/c1-10(2,3)6-7-11(12,13)9(15)5-4-8-14/h14H,4-8H2,1-3H3. The van der Waals surface area contributed by atoms with Gasteiger partial charge in [-0.25, -0.2) is 0 Å². The Morgan fingerprint density at radius 2 is 1.73 bits per heavy atom. The maximum absolute atomic E-state index is 13.2. The summed E-state index contributed by atoms with van der Waals surface area (Å²) < 4.78 is 26.5. The second-order valence-electron chi connectivity index (χ2n) is 5.02. The van der Waals surface area contributed by atoms with Crippen molar-refractivity contribution >= 4 is 5.78 Å². The van der Waals surface area contributed by atoms with Gasteiger partial charge < -0.3 is 5.11 Å². The number of aliphatic hydroxyl groups excluding tert-OH is 1. The molecule has 0 rings (SSSR count). The molecule has 0 atom stereocenters. The first-order chi connectivity index (χ1) is 6.69. The van der Waals surface area contributed by atoms with Gasteiger partial charge in [-0.2, -0.15) is 8.78 Å². The van der Waals surface area contributed by atoms with E-state index >= 15 is 0 Å². The summed E-state index contributed by atoms with van der Waals surface area (Å²) in [7, 11) is 0. The van der Waals surface area contributed by atoms with Crippen molar-refractivity contribution in [3.05, 3.63) is 0 Å². The Balaban J connectivity index is 4.10. The van der Waals surface area contributed by atoms with E-state index in [4.69, 9.17) is 5.11 Å². The molecule has 0 aliphatic rings. The Hall–Kier alpha value is -0.510. The normalized spacial score (nSPS) is 12.9. The Bertz CT molecular complexity index is 207. The van der Waals surface area contributed by atoms with Crippen molar-refractivity contribution in [1.82, 2.24) is 0 Å². The summed E-state index contributed by atoms with van der Waals surface area (Å²) in [6.07, 6.45) is -0.219. The number of Topliss-reactive ketones (excluding diaryl/α,β-unsaturated/α-hetero) is 1. The lowest BCUT2D eigenvalue weighted by atomic mass is 9.88. The third-order valence-corrected chi connectivity index (χ3v) is 2.16. The number of hydrogen-bond donors (Lipinski definition) is 1. The van der Waals surface area contributed by atoms with Crippen LogP contribution in [0.3, 0.4) is 0 Å². The Morgan fingerprint density at radius 3 is 2.13 bits per heavy atom. The molecule has 2 nitrogen and oxygen atoms in total. The van der Waals surface area contributed by atoms with Gasteiger partial charge in [-0.1, -0.05) is 20.8 Å². The molecule has 15 heavy (non-hydrogen) atoms. The molecule has 0 aliphatic heterocycles. The van der Waals surface area contributed by atoms with Crippen molar-refractivity contribution in [2.75, 3.05) is 6.61 Å². The molecule has 0 amide bonds. The molecule has 0 saturated carbocycles. The van der Waals surface area contributed by atoms with Crippen LogP contribution in [0.25, 0.3) is 0 Å². The summed E-state index contributed by atoms with van der Waals surface area (Å²) >= 11 is 0. The van der Waals surface area contributed by atoms with Crippen LogP contribution in [0.1, 0.15) is 46.5 Å². The first kappa shape index (κ1) is 14.5. The zero-order valence-electron chi connectivity index (χ0n) is 9.65. The van der Waals surface area contributed by atoms with Gasteiger partial charge in [0.1, 0.15) is 0 Å². The van der Waals surface area contributed by atoms with E-state index in [1.54, 1.807) is 0 Å². The van der Waals surface area contributed by atoms with E-state index in [0.29, 0.717) is 6.42 Å². The van der Waals surface area contributed by atoms with Crippen LogP contribution < -0.4 is 0 Å². The van der Waals surface area contributed by atoms with Crippen molar-refractivity contribution in [1.29, 1.82) is 0 Å². The fourth-order valence-electron chi connectivity index (χ4n) is 1.09. The molecular weight excluding hydrogens is 202 g/mol. The molecule has 0 aromatic carbocycles. The van der Waals surface area contributed by atoms with Gasteiger partial charge in [-0.05, 0) is 18.3 Å². The highest BCUT2D eigenvalue weighted by Gasteiger charge is 2.38. The zero-order valence-corrected chi connectivity index (χ0v) is 9.65. The number of rotatable bonds is 6. The minimum absolute atomic E-state index is 0.115. The quantitative estimate of drug-likeness (QED) is 0.750. The summed E-state index contributed by atoms with van der Waals surface area (Å²) in [5.74, 6) is -4.29. The lowest BCUT2D eigenvalue weighted by Gasteiger charge is -2.22. The van der Waals surface area contributed by atoms with Gasteiger partial charge in [0.05, 0.1) is 0 Å². The molecule has 0 aromatic heterocycles.